The maximum absolute atomic E-state index is 10.4. The summed E-state index contributed by atoms with van der Waals surface area (Å²) < 4.78 is 12.0. The highest BCUT2D eigenvalue weighted by Crippen LogP contribution is 2.26. The van der Waals surface area contributed by atoms with E-state index in [9.17, 15) is 10.2 Å². The minimum atomic E-state index is -1.11. The van der Waals surface area contributed by atoms with E-state index in [0.717, 1.165) is 11.1 Å². The standard InChI is InChI=1S/C21H24N2O4/c24-13-18(25)19(26-14-16-7-3-1-4-8-16)20(21-22-11-12-23-21)27-15-17-9-5-2-6-10-17/h1-12,18-20,24-25H,13-15H2,(H,22,23)/t18-,19+,20+/m0/s1. The Balaban J connectivity index is 1.76. The van der Waals surface area contributed by atoms with E-state index in [0.29, 0.717) is 12.4 Å². The van der Waals surface area contributed by atoms with Gasteiger partial charge < -0.3 is 24.7 Å². The maximum atomic E-state index is 10.4. The fraction of sp³-hybridized carbons (Fsp3) is 0.286. The molecule has 3 N–H and O–H groups in total. The molecular weight excluding hydrogens is 344 g/mol. The van der Waals surface area contributed by atoms with Crippen LogP contribution in [0.5, 0.6) is 0 Å². The third-order valence-electron chi connectivity index (χ3n) is 4.21. The summed E-state index contributed by atoms with van der Waals surface area (Å²) in [6.45, 7) is 0.176. The lowest BCUT2D eigenvalue weighted by Crippen LogP contribution is -2.39. The molecule has 0 amide bonds. The van der Waals surface area contributed by atoms with Gasteiger partial charge in [0.25, 0.3) is 0 Å². The molecule has 0 radical (unpaired) electrons. The van der Waals surface area contributed by atoms with Gasteiger partial charge >= 0.3 is 0 Å². The third kappa shape index (κ3) is 5.48. The van der Waals surface area contributed by atoms with E-state index in [2.05, 4.69) is 9.97 Å². The first-order chi connectivity index (χ1) is 13.3. The predicted octanol–water partition coefficient (Wildman–Crippen LogP) is 2.61. The number of imidazole rings is 1. The van der Waals surface area contributed by atoms with Gasteiger partial charge in [-0.2, -0.15) is 0 Å². The molecule has 6 heteroatoms. The van der Waals surface area contributed by atoms with Crippen LogP contribution in [0.2, 0.25) is 0 Å². The molecule has 1 aromatic heterocycles. The lowest BCUT2D eigenvalue weighted by molar-refractivity contribution is -0.145. The van der Waals surface area contributed by atoms with E-state index >= 15 is 0 Å². The van der Waals surface area contributed by atoms with E-state index in [1.807, 2.05) is 60.7 Å². The van der Waals surface area contributed by atoms with Crippen LogP contribution in [0.4, 0.5) is 0 Å². The molecule has 0 bridgehead atoms. The lowest BCUT2D eigenvalue weighted by atomic mass is 10.1. The Morgan fingerprint density at radius 3 is 2.00 bits per heavy atom. The van der Waals surface area contributed by atoms with E-state index in [4.69, 9.17) is 9.47 Å². The van der Waals surface area contributed by atoms with Gasteiger partial charge in [0.1, 0.15) is 24.1 Å². The third-order valence-corrected chi connectivity index (χ3v) is 4.21. The van der Waals surface area contributed by atoms with Crippen LogP contribution in [-0.4, -0.2) is 39.0 Å². The van der Waals surface area contributed by atoms with Crippen LogP contribution < -0.4 is 0 Å². The van der Waals surface area contributed by atoms with Crippen LogP contribution in [0.3, 0.4) is 0 Å². The van der Waals surface area contributed by atoms with Crippen LogP contribution in [0.1, 0.15) is 23.1 Å². The second-order valence-electron chi connectivity index (χ2n) is 6.20. The Bertz CT molecular complexity index is 765. The minimum Gasteiger partial charge on any atom is -0.394 e. The monoisotopic (exact) mass is 368 g/mol. The summed E-state index contributed by atoms with van der Waals surface area (Å²) in [5.41, 5.74) is 1.96. The molecular formula is C21H24N2O4. The molecule has 2 aromatic carbocycles. The molecule has 0 aliphatic rings. The van der Waals surface area contributed by atoms with Crippen molar-refractivity contribution in [3.8, 4) is 0 Å². The highest BCUT2D eigenvalue weighted by molar-refractivity contribution is 5.14. The highest BCUT2D eigenvalue weighted by atomic mass is 16.5. The molecule has 27 heavy (non-hydrogen) atoms. The van der Waals surface area contributed by atoms with E-state index < -0.39 is 24.9 Å². The molecule has 1 heterocycles. The van der Waals surface area contributed by atoms with Crippen molar-refractivity contribution in [2.24, 2.45) is 0 Å². The second-order valence-corrected chi connectivity index (χ2v) is 6.20. The number of ether oxygens (including phenoxy) is 2. The van der Waals surface area contributed by atoms with Gasteiger partial charge in [-0.25, -0.2) is 4.98 Å². The van der Waals surface area contributed by atoms with Crippen molar-refractivity contribution in [2.45, 2.75) is 31.5 Å². The van der Waals surface area contributed by atoms with Gasteiger partial charge in [0, 0.05) is 12.4 Å². The first-order valence-corrected chi connectivity index (χ1v) is 8.87. The molecule has 0 fully saturated rings. The fourth-order valence-corrected chi connectivity index (χ4v) is 2.79. The van der Waals surface area contributed by atoms with Gasteiger partial charge in [0.05, 0.1) is 19.8 Å². The molecule has 142 valence electrons. The topological polar surface area (TPSA) is 87.6 Å². The molecule has 0 aliphatic heterocycles. The zero-order valence-corrected chi connectivity index (χ0v) is 14.9. The first kappa shape index (κ1) is 19.3. The van der Waals surface area contributed by atoms with Gasteiger partial charge in [0.2, 0.25) is 0 Å². The Hall–Kier alpha value is -2.51. The van der Waals surface area contributed by atoms with Crippen molar-refractivity contribution >= 4 is 0 Å². The van der Waals surface area contributed by atoms with Crippen LogP contribution in [-0.2, 0) is 22.7 Å². The van der Waals surface area contributed by atoms with E-state index in [-0.39, 0.29) is 6.61 Å². The molecule has 3 atom stereocenters. The van der Waals surface area contributed by atoms with Crippen LogP contribution in [0.25, 0.3) is 0 Å². The van der Waals surface area contributed by atoms with Gasteiger partial charge in [-0.1, -0.05) is 60.7 Å². The highest BCUT2D eigenvalue weighted by Gasteiger charge is 2.33. The summed E-state index contributed by atoms with van der Waals surface area (Å²) in [6.07, 6.45) is 0.748. The molecule has 0 aliphatic carbocycles. The normalized spacial score (nSPS) is 14.6. The second kappa shape index (κ2) is 9.99. The SMILES string of the molecule is OC[C@H](O)[C@@H](OCc1ccccc1)[C@@H](OCc1ccccc1)c1ncc[nH]1. The summed E-state index contributed by atoms with van der Waals surface area (Å²) in [4.78, 5) is 7.29. The molecule has 0 saturated carbocycles. The number of nitrogens with zero attached hydrogens (tertiary/aromatic N) is 1. The summed E-state index contributed by atoms with van der Waals surface area (Å²) in [5, 5.41) is 19.9. The molecule has 6 nitrogen and oxygen atoms in total. The average Bonchev–Trinajstić information content (AvgIpc) is 3.26. The number of nitrogens with one attached hydrogen (secondary N) is 1. The van der Waals surface area contributed by atoms with Crippen molar-refractivity contribution in [1.82, 2.24) is 9.97 Å². The maximum Gasteiger partial charge on any atom is 0.144 e. The zero-order valence-electron chi connectivity index (χ0n) is 14.9. The Morgan fingerprint density at radius 2 is 1.48 bits per heavy atom. The number of aliphatic hydroxyl groups excluding tert-OH is 2. The van der Waals surface area contributed by atoms with Gasteiger partial charge in [-0.05, 0) is 11.1 Å². The number of benzene rings is 2. The van der Waals surface area contributed by atoms with Crippen molar-refractivity contribution in [2.75, 3.05) is 6.61 Å². The zero-order chi connectivity index (χ0) is 18.9. The minimum absolute atomic E-state index is 0.286. The number of H-pyrrole nitrogens is 1. The summed E-state index contributed by atoms with van der Waals surface area (Å²) in [5.74, 6) is 0.538. The summed E-state index contributed by atoms with van der Waals surface area (Å²) in [7, 11) is 0. The number of aromatic nitrogens is 2. The van der Waals surface area contributed by atoms with Crippen molar-refractivity contribution in [1.29, 1.82) is 0 Å². The largest absolute Gasteiger partial charge is 0.394 e. The summed E-state index contributed by atoms with van der Waals surface area (Å²) >= 11 is 0. The van der Waals surface area contributed by atoms with Crippen molar-refractivity contribution in [3.63, 3.8) is 0 Å². The molecule has 0 spiro atoms. The molecule has 0 unspecified atom stereocenters. The lowest BCUT2D eigenvalue weighted by Gasteiger charge is -2.29. The average molecular weight is 368 g/mol. The van der Waals surface area contributed by atoms with Gasteiger partial charge in [0.15, 0.2) is 0 Å². The number of aromatic amines is 1. The number of aliphatic hydroxyl groups is 2. The van der Waals surface area contributed by atoms with E-state index in [1.165, 1.54) is 0 Å². The number of hydrogen-bond acceptors (Lipinski definition) is 5. The smallest absolute Gasteiger partial charge is 0.144 e. The van der Waals surface area contributed by atoms with Crippen LogP contribution >= 0.6 is 0 Å². The van der Waals surface area contributed by atoms with Gasteiger partial charge in [-0.3, -0.25) is 0 Å². The molecule has 0 saturated heterocycles. The molecule has 3 rings (SSSR count). The molecule has 3 aromatic rings. The Labute approximate surface area is 158 Å². The van der Waals surface area contributed by atoms with E-state index in [1.54, 1.807) is 12.4 Å². The van der Waals surface area contributed by atoms with Gasteiger partial charge in [-0.15, -0.1) is 0 Å². The Morgan fingerprint density at radius 1 is 0.889 bits per heavy atom. The van der Waals surface area contributed by atoms with Crippen LogP contribution in [0.15, 0.2) is 73.1 Å². The van der Waals surface area contributed by atoms with Crippen molar-refractivity contribution in [3.05, 3.63) is 90.0 Å². The quantitative estimate of drug-likeness (QED) is 0.512. The number of rotatable bonds is 10. The number of hydrogen-bond donors (Lipinski definition) is 3. The van der Waals surface area contributed by atoms with Crippen molar-refractivity contribution < 1.29 is 19.7 Å². The Kier molecular flexibility index (Phi) is 7.12. The fourth-order valence-electron chi connectivity index (χ4n) is 2.79. The van der Waals surface area contributed by atoms with Crippen LogP contribution in [0, 0.1) is 0 Å². The summed E-state index contributed by atoms with van der Waals surface area (Å²) in [6, 6.07) is 19.4. The first-order valence-electron chi connectivity index (χ1n) is 8.87. The predicted molar refractivity (Wildman–Crippen MR) is 101 cm³/mol.